The van der Waals surface area contributed by atoms with Gasteiger partial charge >= 0.3 is 0 Å². The van der Waals surface area contributed by atoms with Crippen molar-refractivity contribution in [3.05, 3.63) is 59.4 Å². The maximum absolute atomic E-state index is 7.32. The van der Waals surface area contributed by atoms with Gasteiger partial charge in [-0.15, -0.1) is 0 Å². The van der Waals surface area contributed by atoms with E-state index in [-0.39, 0.29) is 6.10 Å². The molecule has 2 N–H and O–H groups in total. The predicted molar refractivity (Wildman–Crippen MR) is 115 cm³/mol. The Bertz CT molecular complexity index is 1130. The molecule has 4 atom stereocenters. The monoisotopic (exact) mass is 416 g/mol. The molecule has 0 aromatic heterocycles. The molecule has 7 nitrogen and oxygen atoms in total. The molecule has 1 aliphatic carbocycles. The average molecular weight is 416 g/mol. The maximum atomic E-state index is 7.32. The zero-order chi connectivity index (χ0) is 21.2. The van der Waals surface area contributed by atoms with E-state index in [0.717, 1.165) is 41.9 Å². The third-order valence-electron chi connectivity index (χ3n) is 7.06. The molecular formula is C24H24N4O3. The fourth-order valence-corrected chi connectivity index (χ4v) is 5.64. The lowest BCUT2D eigenvalue weighted by Gasteiger charge is -2.55. The van der Waals surface area contributed by atoms with Crippen LogP contribution in [0.15, 0.2) is 47.5 Å². The van der Waals surface area contributed by atoms with Gasteiger partial charge in [0.25, 0.3) is 0 Å². The summed E-state index contributed by atoms with van der Waals surface area (Å²) < 4.78 is 12.9. The largest absolute Gasteiger partial charge is 0.484 e. The molecular weight excluding hydrogens is 392 g/mol. The first-order valence-electron chi connectivity index (χ1n) is 10.7. The summed E-state index contributed by atoms with van der Waals surface area (Å²) in [6, 6.07) is 13.7. The highest BCUT2D eigenvalue weighted by Crippen LogP contribution is 2.56. The fourth-order valence-electron chi connectivity index (χ4n) is 5.64. The van der Waals surface area contributed by atoms with E-state index < -0.39 is 11.3 Å². The van der Waals surface area contributed by atoms with Crippen molar-refractivity contribution in [1.29, 1.82) is 0 Å². The first-order valence-corrected chi connectivity index (χ1v) is 10.7. The zero-order valence-corrected chi connectivity index (χ0v) is 17.4. The number of ether oxygens (including phenoxy) is 2. The molecule has 31 heavy (non-hydrogen) atoms. The van der Waals surface area contributed by atoms with E-state index in [1.807, 2.05) is 30.3 Å². The molecule has 7 rings (SSSR count). The minimum absolute atomic E-state index is 0.0310. The van der Waals surface area contributed by atoms with Gasteiger partial charge in [-0.25, -0.2) is 19.7 Å². The fraction of sp³-hybridized carbons (Fsp3) is 0.417. The summed E-state index contributed by atoms with van der Waals surface area (Å²) in [4.78, 5) is 14.7. The van der Waals surface area contributed by atoms with Crippen LogP contribution < -0.4 is 10.5 Å². The van der Waals surface area contributed by atoms with E-state index in [1.165, 1.54) is 11.5 Å². The van der Waals surface area contributed by atoms with Gasteiger partial charge in [0.2, 0.25) is 11.7 Å². The van der Waals surface area contributed by atoms with Crippen LogP contribution >= 0.6 is 0 Å². The summed E-state index contributed by atoms with van der Waals surface area (Å²) in [7, 11) is 1.78. The van der Waals surface area contributed by atoms with Crippen molar-refractivity contribution in [3.63, 3.8) is 0 Å². The Morgan fingerprint density at radius 1 is 1.19 bits per heavy atom. The van der Waals surface area contributed by atoms with E-state index in [4.69, 9.17) is 31.6 Å². The molecule has 0 amide bonds. The number of rotatable bonds is 1. The Morgan fingerprint density at radius 2 is 2.06 bits per heavy atom. The van der Waals surface area contributed by atoms with Crippen molar-refractivity contribution in [1.82, 2.24) is 5.06 Å². The van der Waals surface area contributed by atoms with Crippen LogP contribution in [0.2, 0.25) is 0 Å². The average Bonchev–Trinajstić information content (AvgIpc) is 3.07. The number of hydroxylamine groups is 2. The van der Waals surface area contributed by atoms with Crippen molar-refractivity contribution >= 4 is 11.6 Å². The minimum Gasteiger partial charge on any atom is -0.484 e. The number of guanidine groups is 1. The van der Waals surface area contributed by atoms with Crippen LogP contribution in [0.5, 0.6) is 5.75 Å². The molecule has 2 bridgehead atoms. The Morgan fingerprint density at radius 3 is 2.74 bits per heavy atom. The molecule has 4 aliphatic heterocycles. The number of aliphatic imine (C=N–C) groups is 1. The number of fused-ring (bicyclic) bond motifs is 4. The molecule has 3 fully saturated rings. The highest BCUT2D eigenvalue weighted by Gasteiger charge is 2.61. The Labute approximate surface area is 181 Å². The standard InChI is InChI=1S/C24H24N4O3/c1-26-18-5-3-4-16(10-18)17-7-8-20-19(11-17)24(27-22(25)28(2)31-24)14-23(30-20)12-15-6-9-21(23)29-13-15/h3-5,7-8,10-11,15,21H,6,9,12-14H2,2H3,(H2,25,27). The van der Waals surface area contributed by atoms with Gasteiger partial charge in [0.15, 0.2) is 5.69 Å². The summed E-state index contributed by atoms with van der Waals surface area (Å²) in [6.07, 6.45) is 3.70. The molecule has 2 aromatic carbocycles. The summed E-state index contributed by atoms with van der Waals surface area (Å²) >= 11 is 0. The van der Waals surface area contributed by atoms with Gasteiger partial charge < -0.3 is 15.2 Å². The third kappa shape index (κ3) is 2.75. The van der Waals surface area contributed by atoms with Crippen LogP contribution in [-0.4, -0.2) is 36.4 Å². The summed E-state index contributed by atoms with van der Waals surface area (Å²) in [6.45, 7) is 8.12. The van der Waals surface area contributed by atoms with Crippen LogP contribution in [0.4, 0.5) is 5.69 Å². The number of nitrogens with zero attached hydrogens (tertiary/aromatic N) is 3. The Balaban J connectivity index is 1.49. The molecule has 4 heterocycles. The summed E-state index contributed by atoms with van der Waals surface area (Å²) in [5.74, 6) is 1.62. The highest BCUT2D eigenvalue weighted by atomic mass is 16.7. The van der Waals surface area contributed by atoms with Crippen molar-refractivity contribution in [3.8, 4) is 16.9 Å². The van der Waals surface area contributed by atoms with E-state index >= 15 is 0 Å². The van der Waals surface area contributed by atoms with Gasteiger partial charge in [0.1, 0.15) is 11.4 Å². The van der Waals surface area contributed by atoms with Crippen molar-refractivity contribution < 1.29 is 14.3 Å². The quantitative estimate of drug-likeness (QED) is 0.712. The lowest BCUT2D eigenvalue weighted by molar-refractivity contribution is -0.249. The van der Waals surface area contributed by atoms with Crippen LogP contribution in [0.1, 0.15) is 31.2 Å². The molecule has 4 unspecified atom stereocenters. The molecule has 2 saturated heterocycles. The third-order valence-corrected chi connectivity index (χ3v) is 7.06. The van der Waals surface area contributed by atoms with Gasteiger partial charge in [-0.2, -0.15) is 0 Å². The summed E-state index contributed by atoms with van der Waals surface area (Å²) in [5, 5.41) is 1.54. The number of benzene rings is 2. The van der Waals surface area contributed by atoms with E-state index in [0.29, 0.717) is 24.0 Å². The van der Waals surface area contributed by atoms with Crippen molar-refractivity contribution in [2.45, 2.75) is 43.1 Å². The van der Waals surface area contributed by atoms with Crippen molar-refractivity contribution in [2.75, 3.05) is 13.7 Å². The van der Waals surface area contributed by atoms with Gasteiger partial charge in [0.05, 0.1) is 24.8 Å². The second kappa shape index (κ2) is 6.46. The van der Waals surface area contributed by atoms with Crippen molar-refractivity contribution in [2.24, 2.45) is 16.6 Å². The normalized spacial score (nSPS) is 33.2. The molecule has 7 heteroatoms. The first kappa shape index (κ1) is 18.7. The van der Waals surface area contributed by atoms with Gasteiger partial charge in [-0.05, 0) is 54.5 Å². The second-order valence-corrected chi connectivity index (χ2v) is 9.03. The van der Waals surface area contributed by atoms with Crippen LogP contribution in [0, 0.1) is 12.5 Å². The molecule has 1 saturated carbocycles. The summed E-state index contributed by atoms with van der Waals surface area (Å²) in [5.41, 5.74) is 8.18. The Hall–Kier alpha value is -3.08. The zero-order valence-electron chi connectivity index (χ0n) is 17.4. The smallest absolute Gasteiger partial charge is 0.222 e. The lowest BCUT2D eigenvalue weighted by Crippen LogP contribution is -2.62. The SMILES string of the molecule is [C-]#[N+]c1cccc(-c2ccc3c(c2)C2(CC4(CC5CCC4OC5)O3)N=C(N)N(C)O2)c1. The van der Waals surface area contributed by atoms with E-state index in [2.05, 4.69) is 10.9 Å². The first-order chi connectivity index (χ1) is 15.0. The van der Waals surface area contributed by atoms with E-state index in [9.17, 15) is 0 Å². The lowest BCUT2D eigenvalue weighted by atomic mass is 9.68. The topological polar surface area (TPSA) is 73.7 Å². The van der Waals surface area contributed by atoms with Gasteiger partial charge in [0, 0.05) is 13.5 Å². The molecule has 2 aromatic rings. The number of hydrogen-bond donors (Lipinski definition) is 1. The molecule has 158 valence electrons. The van der Waals surface area contributed by atoms with Gasteiger partial charge in [-0.1, -0.05) is 24.3 Å². The van der Waals surface area contributed by atoms with Crippen LogP contribution in [0.3, 0.4) is 0 Å². The van der Waals surface area contributed by atoms with Gasteiger partial charge in [-0.3, -0.25) is 0 Å². The number of hydrogen-bond acceptors (Lipinski definition) is 6. The Kier molecular flexibility index (Phi) is 3.89. The molecule has 2 spiro atoms. The molecule has 0 radical (unpaired) electrons. The highest BCUT2D eigenvalue weighted by molar-refractivity contribution is 5.79. The number of nitrogens with two attached hydrogens (primary N) is 1. The molecule has 5 aliphatic rings. The van der Waals surface area contributed by atoms with E-state index in [1.54, 1.807) is 13.1 Å². The second-order valence-electron chi connectivity index (χ2n) is 9.03. The van der Waals surface area contributed by atoms with Crippen LogP contribution in [-0.2, 0) is 15.3 Å². The van der Waals surface area contributed by atoms with Crippen LogP contribution in [0.25, 0.3) is 16.0 Å². The maximum Gasteiger partial charge on any atom is 0.222 e. The minimum atomic E-state index is -0.944. The predicted octanol–water partition coefficient (Wildman–Crippen LogP) is 3.97.